The lowest BCUT2D eigenvalue weighted by Gasteiger charge is -2.12. The number of hydrogen-bond acceptors (Lipinski definition) is 5. The highest BCUT2D eigenvalue weighted by atomic mass is 32.2. The van der Waals surface area contributed by atoms with Crippen molar-refractivity contribution >= 4 is 32.7 Å². The summed E-state index contributed by atoms with van der Waals surface area (Å²) in [5, 5.41) is 4.03. The van der Waals surface area contributed by atoms with E-state index in [0.29, 0.717) is 17.2 Å². The zero-order chi connectivity index (χ0) is 14.8. The second-order valence-corrected chi connectivity index (χ2v) is 8.59. The molecule has 1 unspecified atom stereocenters. The predicted octanol–water partition coefficient (Wildman–Crippen LogP) is 2.49. The Hall–Kier alpha value is -0.730. The molecule has 0 saturated heterocycles. The van der Waals surface area contributed by atoms with E-state index in [4.69, 9.17) is 5.73 Å². The van der Waals surface area contributed by atoms with Crippen molar-refractivity contribution in [2.75, 3.05) is 0 Å². The van der Waals surface area contributed by atoms with Crippen molar-refractivity contribution in [1.29, 1.82) is 0 Å². The summed E-state index contributed by atoms with van der Waals surface area (Å²) < 4.78 is 27.7. The predicted molar refractivity (Wildman–Crippen MR) is 84.8 cm³/mol. The van der Waals surface area contributed by atoms with Crippen LogP contribution >= 0.6 is 22.7 Å². The minimum absolute atomic E-state index is 0.140. The molecule has 0 aromatic carbocycles. The standard InChI is InChI=1S/C13H18N2O2S3/c1-9-5-13(19-12(9)7-14)20(16,17)15-10(2)6-11-3-4-18-8-11/h3-5,8,10,15H,6-7,14H2,1-2H3. The molecule has 0 aliphatic carbocycles. The van der Waals surface area contributed by atoms with Crippen molar-refractivity contribution in [2.45, 2.75) is 37.1 Å². The summed E-state index contributed by atoms with van der Waals surface area (Å²) in [5.74, 6) is 0. The first-order chi connectivity index (χ1) is 9.42. The van der Waals surface area contributed by atoms with Crippen molar-refractivity contribution < 1.29 is 8.42 Å². The van der Waals surface area contributed by atoms with E-state index in [1.165, 1.54) is 11.3 Å². The van der Waals surface area contributed by atoms with E-state index in [9.17, 15) is 8.42 Å². The first kappa shape index (κ1) is 15.7. The smallest absolute Gasteiger partial charge is 0.250 e. The largest absolute Gasteiger partial charge is 0.326 e. The normalized spacial score (nSPS) is 13.6. The van der Waals surface area contributed by atoms with Crippen molar-refractivity contribution in [1.82, 2.24) is 4.72 Å². The summed E-state index contributed by atoms with van der Waals surface area (Å²) in [4.78, 5) is 0.913. The molecule has 0 fully saturated rings. The molecule has 2 rings (SSSR count). The van der Waals surface area contributed by atoms with Crippen LogP contribution in [0.2, 0.25) is 0 Å². The minimum Gasteiger partial charge on any atom is -0.326 e. The summed E-state index contributed by atoms with van der Waals surface area (Å²) in [6, 6.07) is 3.56. The average Bonchev–Trinajstić information content (AvgIpc) is 2.97. The van der Waals surface area contributed by atoms with E-state index >= 15 is 0 Å². The van der Waals surface area contributed by atoms with Crippen LogP contribution in [-0.4, -0.2) is 14.5 Å². The van der Waals surface area contributed by atoms with E-state index < -0.39 is 10.0 Å². The molecule has 1 atom stereocenters. The Kier molecular flexibility index (Phi) is 4.98. The summed E-state index contributed by atoms with van der Waals surface area (Å²) in [7, 11) is -3.46. The zero-order valence-electron chi connectivity index (χ0n) is 11.4. The highest BCUT2D eigenvalue weighted by molar-refractivity contribution is 7.91. The molecule has 2 aromatic rings. The van der Waals surface area contributed by atoms with Crippen LogP contribution in [0.3, 0.4) is 0 Å². The molecule has 0 radical (unpaired) electrons. The van der Waals surface area contributed by atoms with E-state index in [2.05, 4.69) is 4.72 Å². The third-order valence-corrected chi connectivity index (χ3v) is 6.98. The highest BCUT2D eigenvalue weighted by Gasteiger charge is 2.21. The van der Waals surface area contributed by atoms with Gasteiger partial charge in [-0.1, -0.05) is 0 Å². The fraction of sp³-hybridized carbons (Fsp3) is 0.385. The first-order valence-electron chi connectivity index (χ1n) is 6.25. The van der Waals surface area contributed by atoms with Crippen LogP contribution in [0.5, 0.6) is 0 Å². The minimum atomic E-state index is -3.46. The monoisotopic (exact) mass is 330 g/mol. The number of sulfonamides is 1. The van der Waals surface area contributed by atoms with Crippen molar-refractivity contribution in [3.63, 3.8) is 0 Å². The van der Waals surface area contributed by atoms with Gasteiger partial charge in [-0.25, -0.2) is 13.1 Å². The van der Waals surface area contributed by atoms with Gasteiger partial charge in [-0.2, -0.15) is 11.3 Å². The Labute approximate surface area is 127 Å². The Morgan fingerprint density at radius 2 is 2.20 bits per heavy atom. The van der Waals surface area contributed by atoms with Gasteiger partial charge in [-0.15, -0.1) is 11.3 Å². The number of nitrogens with two attached hydrogens (primary N) is 1. The van der Waals surface area contributed by atoms with Gasteiger partial charge in [0.2, 0.25) is 10.0 Å². The number of aryl methyl sites for hydroxylation is 1. The lowest BCUT2D eigenvalue weighted by molar-refractivity contribution is 0.562. The van der Waals surface area contributed by atoms with Gasteiger partial charge < -0.3 is 5.73 Å². The molecule has 2 aromatic heterocycles. The maximum absolute atomic E-state index is 12.3. The van der Waals surface area contributed by atoms with Crippen molar-refractivity contribution in [2.24, 2.45) is 5.73 Å². The molecule has 110 valence electrons. The first-order valence-corrected chi connectivity index (χ1v) is 9.49. The van der Waals surface area contributed by atoms with Gasteiger partial charge in [-0.05, 0) is 54.3 Å². The topological polar surface area (TPSA) is 72.2 Å². The third-order valence-electron chi connectivity index (χ3n) is 2.93. The molecule has 0 saturated carbocycles. The quantitative estimate of drug-likeness (QED) is 0.855. The summed E-state index contributed by atoms with van der Waals surface area (Å²) in [5.41, 5.74) is 7.68. The molecule has 0 spiro atoms. The molecule has 0 aliphatic rings. The Bertz CT molecular complexity index is 660. The van der Waals surface area contributed by atoms with Crippen molar-refractivity contribution in [3.05, 3.63) is 38.9 Å². The van der Waals surface area contributed by atoms with Crippen LogP contribution in [-0.2, 0) is 23.0 Å². The molecule has 0 bridgehead atoms. The van der Waals surface area contributed by atoms with Crippen molar-refractivity contribution in [3.8, 4) is 0 Å². The highest BCUT2D eigenvalue weighted by Crippen LogP contribution is 2.25. The molecular weight excluding hydrogens is 312 g/mol. The van der Waals surface area contributed by atoms with Gasteiger partial charge in [0.15, 0.2) is 0 Å². The Morgan fingerprint density at radius 3 is 2.75 bits per heavy atom. The van der Waals surface area contributed by atoms with E-state index in [1.54, 1.807) is 17.4 Å². The number of nitrogens with one attached hydrogen (secondary N) is 1. The molecule has 4 nitrogen and oxygen atoms in total. The maximum Gasteiger partial charge on any atom is 0.250 e. The van der Waals surface area contributed by atoms with Crippen LogP contribution in [0.25, 0.3) is 0 Å². The van der Waals surface area contributed by atoms with E-state index in [1.807, 2.05) is 30.7 Å². The summed E-state index contributed by atoms with van der Waals surface area (Å²) in [6.45, 7) is 4.13. The Balaban J connectivity index is 2.10. The second kappa shape index (κ2) is 6.36. The SMILES string of the molecule is Cc1cc(S(=O)(=O)NC(C)Cc2ccsc2)sc1CN. The van der Waals surface area contributed by atoms with Crippen LogP contribution < -0.4 is 10.5 Å². The molecule has 0 aliphatic heterocycles. The Morgan fingerprint density at radius 1 is 1.45 bits per heavy atom. The molecule has 0 amide bonds. The zero-order valence-corrected chi connectivity index (χ0v) is 13.9. The van der Waals surface area contributed by atoms with Gasteiger partial charge in [0, 0.05) is 17.5 Å². The lowest BCUT2D eigenvalue weighted by atomic mass is 10.1. The average molecular weight is 331 g/mol. The summed E-state index contributed by atoms with van der Waals surface area (Å²) in [6.07, 6.45) is 0.691. The fourth-order valence-corrected chi connectivity index (χ4v) is 5.36. The maximum atomic E-state index is 12.3. The number of rotatable bonds is 6. The molecule has 3 N–H and O–H groups in total. The van der Waals surface area contributed by atoms with Gasteiger partial charge in [0.05, 0.1) is 0 Å². The molecule has 2 heterocycles. The lowest BCUT2D eigenvalue weighted by Crippen LogP contribution is -2.33. The van der Waals surface area contributed by atoms with Crippen LogP contribution in [0.15, 0.2) is 27.1 Å². The molecular formula is C13H18N2O2S3. The van der Waals surface area contributed by atoms with E-state index in [0.717, 1.165) is 16.0 Å². The van der Waals surface area contributed by atoms with Crippen LogP contribution in [0.1, 0.15) is 22.9 Å². The summed E-state index contributed by atoms with van der Waals surface area (Å²) >= 11 is 2.86. The number of hydrogen-bond donors (Lipinski definition) is 2. The second-order valence-electron chi connectivity index (χ2n) is 4.73. The number of thiophene rings is 2. The molecule has 7 heteroatoms. The van der Waals surface area contributed by atoms with Crippen LogP contribution in [0, 0.1) is 6.92 Å². The van der Waals surface area contributed by atoms with Crippen LogP contribution in [0.4, 0.5) is 0 Å². The van der Waals surface area contributed by atoms with E-state index in [-0.39, 0.29) is 6.04 Å². The fourth-order valence-electron chi connectivity index (χ4n) is 1.95. The third kappa shape index (κ3) is 3.67. The molecule has 20 heavy (non-hydrogen) atoms. The van der Waals surface area contributed by atoms with Gasteiger partial charge >= 0.3 is 0 Å². The van der Waals surface area contributed by atoms with Gasteiger partial charge in [0.1, 0.15) is 4.21 Å². The van der Waals surface area contributed by atoms with Gasteiger partial charge in [-0.3, -0.25) is 0 Å². The van der Waals surface area contributed by atoms with Gasteiger partial charge in [0.25, 0.3) is 0 Å².